The smallest absolute Gasteiger partial charge is 0.252 e. The molecule has 0 fully saturated rings. The van der Waals surface area contributed by atoms with E-state index >= 15 is 0 Å². The van der Waals surface area contributed by atoms with E-state index in [9.17, 15) is 4.79 Å². The number of nitrogens with one attached hydrogen (secondary N) is 1. The van der Waals surface area contributed by atoms with Gasteiger partial charge in [-0.2, -0.15) is 0 Å². The van der Waals surface area contributed by atoms with E-state index in [2.05, 4.69) is 10.3 Å². The molecule has 1 atom stereocenters. The maximum atomic E-state index is 11.8. The van der Waals surface area contributed by atoms with Crippen molar-refractivity contribution in [3.8, 4) is 5.75 Å². The summed E-state index contributed by atoms with van der Waals surface area (Å²) in [6.45, 7) is 0.492. The summed E-state index contributed by atoms with van der Waals surface area (Å²) < 4.78 is 5.66. The average Bonchev–Trinajstić information content (AvgIpc) is 2.97. The van der Waals surface area contributed by atoms with Crippen LogP contribution >= 0.6 is 0 Å². The van der Waals surface area contributed by atoms with Gasteiger partial charge in [0, 0.05) is 10.9 Å². The SMILES string of the molecule is NC(=O)c1cc2ccccc2nc1NC1COc2ccccc21. The van der Waals surface area contributed by atoms with Crippen LogP contribution in [0.25, 0.3) is 10.9 Å². The van der Waals surface area contributed by atoms with E-state index in [1.807, 2.05) is 48.5 Å². The van der Waals surface area contributed by atoms with Crippen molar-refractivity contribution >= 4 is 22.6 Å². The Morgan fingerprint density at radius 3 is 2.83 bits per heavy atom. The molecule has 0 saturated carbocycles. The first-order valence-electron chi connectivity index (χ1n) is 7.40. The molecule has 1 aliphatic heterocycles. The zero-order chi connectivity index (χ0) is 15.8. The molecular formula is C18H15N3O2. The summed E-state index contributed by atoms with van der Waals surface area (Å²) in [5.74, 6) is 0.839. The quantitative estimate of drug-likeness (QED) is 0.780. The minimum absolute atomic E-state index is 0.0574. The van der Waals surface area contributed by atoms with E-state index in [4.69, 9.17) is 10.5 Å². The van der Waals surface area contributed by atoms with E-state index in [0.717, 1.165) is 22.2 Å². The number of benzene rings is 2. The third-order valence-corrected chi connectivity index (χ3v) is 4.00. The van der Waals surface area contributed by atoms with Crippen molar-refractivity contribution in [3.63, 3.8) is 0 Å². The molecular weight excluding hydrogens is 290 g/mol. The maximum Gasteiger partial charge on any atom is 0.252 e. The Kier molecular flexibility index (Phi) is 3.12. The van der Waals surface area contributed by atoms with Gasteiger partial charge in [0.05, 0.1) is 17.1 Å². The fraction of sp³-hybridized carbons (Fsp3) is 0.111. The highest BCUT2D eigenvalue weighted by Gasteiger charge is 2.25. The number of fused-ring (bicyclic) bond motifs is 2. The molecule has 1 aliphatic rings. The lowest BCUT2D eigenvalue weighted by Crippen LogP contribution is -2.19. The molecule has 3 N–H and O–H groups in total. The lowest BCUT2D eigenvalue weighted by atomic mass is 10.1. The van der Waals surface area contributed by atoms with Crippen LogP contribution in [0.3, 0.4) is 0 Å². The Morgan fingerprint density at radius 1 is 1.17 bits per heavy atom. The van der Waals surface area contributed by atoms with Crippen molar-refractivity contribution in [2.24, 2.45) is 5.73 Å². The minimum atomic E-state index is -0.502. The number of nitrogens with two attached hydrogens (primary N) is 1. The molecule has 0 aliphatic carbocycles. The Balaban J connectivity index is 1.77. The van der Waals surface area contributed by atoms with Crippen LogP contribution < -0.4 is 15.8 Å². The molecule has 1 amide bonds. The van der Waals surface area contributed by atoms with Gasteiger partial charge in [-0.1, -0.05) is 36.4 Å². The second-order valence-corrected chi connectivity index (χ2v) is 5.49. The molecule has 2 heterocycles. The zero-order valence-corrected chi connectivity index (χ0v) is 12.3. The van der Waals surface area contributed by atoms with Crippen molar-refractivity contribution in [2.45, 2.75) is 6.04 Å². The summed E-state index contributed by atoms with van der Waals surface area (Å²) in [6.07, 6.45) is 0. The van der Waals surface area contributed by atoms with Gasteiger partial charge in [0.2, 0.25) is 0 Å². The number of pyridine rings is 1. The summed E-state index contributed by atoms with van der Waals surface area (Å²) in [4.78, 5) is 16.4. The van der Waals surface area contributed by atoms with Crippen molar-refractivity contribution in [1.29, 1.82) is 0 Å². The van der Waals surface area contributed by atoms with Crippen LogP contribution in [-0.4, -0.2) is 17.5 Å². The third-order valence-electron chi connectivity index (χ3n) is 4.00. The number of ether oxygens (including phenoxy) is 1. The van der Waals surface area contributed by atoms with Gasteiger partial charge in [-0.05, 0) is 18.2 Å². The molecule has 1 aromatic heterocycles. The first-order chi connectivity index (χ1) is 11.2. The van der Waals surface area contributed by atoms with Crippen LogP contribution in [0.5, 0.6) is 5.75 Å². The number of hydrogen-bond acceptors (Lipinski definition) is 4. The topological polar surface area (TPSA) is 77.2 Å². The number of para-hydroxylation sites is 2. The Hall–Kier alpha value is -3.08. The predicted octanol–water partition coefficient (Wildman–Crippen LogP) is 2.88. The second-order valence-electron chi connectivity index (χ2n) is 5.49. The highest BCUT2D eigenvalue weighted by molar-refractivity contribution is 6.01. The number of aromatic nitrogens is 1. The number of anilines is 1. The second kappa shape index (κ2) is 5.28. The number of primary amides is 1. The van der Waals surface area contributed by atoms with Crippen molar-refractivity contribution in [2.75, 3.05) is 11.9 Å². The van der Waals surface area contributed by atoms with Crippen molar-refractivity contribution in [1.82, 2.24) is 4.98 Å². The highest BCUT2D eigenvalue weighted by atomic mass is 16.5. The number of carbonyl (C=O) groups is 1. The molecule has 0 bridgehead atoms. The predicted molar refractivity (Wildman–Crippen MR) is 88.6 cm³/mol. The Labute approximate surface area is 133 Å². The van der Waals surface area contributed by atoms with Crippen molar-refractivity contribution in [3.05, 3.63) is 65.7 Å². The molecule has 114 valence electrons. The number of rotatable bonds is 3. The Morgan fingerprint density at radius 2 is 1.96 bits per heavy atom. The van der Waals surface area contributed by atoms with Crippen LogP contribution in [0.2, 0.25) is 0 Å². The van der Waals surface area contributed by atoms with Crippen LogP contribution in [0.15, 0.2) is 54.6 Å². The zero-order valence-electron chi connectivity index (χ0n) is 12.3. The van der Waals surface area contributed by atoms with Gasteiger partial charge in [-0.3, -0.25) is 4.79 Å². The van der Waals surface area contributed by atoms with E-state index in [1.165, 1.54) is 0 Å². The van der Waals surface area contributed by atoms with Crippen LogP contribution in [0, 0.1) is 0 Å². The number of carbonyl (C=O) groups excluding carboxylic acids is 1. The van der Waals surface area contributed by atoms with Crippen LogP contribution in [0.4, 0.5) is 5.82 Å². The normalized spacial score (nSPS) is 15.9. The van der Waals surface area contributed by atoms with E-state index < -0.39 is 5.91 Å². The first kappa shape index (κ1) is 13.6. The summed E-state index contributed by atoms with van der Waals surface area (Å²) in [5.41, 5.74) is 7.77. The third kappa shape index (κ3) is 2.36. The van der Waals surface area contributed by atoms with Gasteiger partial charge < -0.3 is 15.8 Å². The molecule has 3 aromatic rings. The fourth-order valence-corrected chi connectivity index (χ4v) is 2.86. The highest BCUT2D eigenvalue weighted by Crippen LogP contribution is 2.34. The molecule has 5 heteroatoms. The lowest BCUT2D eigenvalue weighted by molar-refractivity contribution is 0.100. The van der Waals surface area contributed by atoms with Crippen LogP contribution in [-0.2, 0) is 0 Å². The Bertz CT molecular complexity index is 908. The van der Waals surface area contributed by atoms with Gasteiger partial charge in [0.1, 0.15) is 18.2 Å². The van der Waals surface area contributed by atoms with E-state index in [1.54, 1.807) is 6.07 Å². The fourth-order valence-electron chi connectivity index (χ4n) is 2.86. The van der Waals surface area contributed by atoms with Crippen LogP contribution in [0.1, 0.15) is 22.0 Å². The van der Waals surface area contributed by atoms with E-state index in [0.29, 0.717) is 18.0 Å². The summed E-state index contributed by atoms with van der Waals surface area (Å²) in [5, 5.41) is 4.19. The molecule has 0 saturated heterocycles. The summed E-state index contributed by atoms with van der Waals surface area (Å²) >= 11 is 0. The van der Waals surface area contributed by atoms with E-state index in [-0.39, 0.29) is 6.04 Å². The van der Waals surface area contributed by atoms with Gasteiger partial charge >= 0.3 is 0 Å². The van der Waals surface area contributed by atoms with Gasteiger partial charge in [0.15, 0.2) is 0 Å². The molecule has 2 aromatic carbocycles. The molecule has 5 nitrogen and oxygen atoms in total. The summed E-state index contributed by atoms with van der Waals surface area (Å²) in [7, 11) is 0. The van der Waals surface area contributed by atoms with Gasteiger partial charge in [0.25, 0.3) is 5.91 Å². The average molecular weight is 305 g/mol. The first-order valence-corrected chi connectivity index (χ1v) is 7.40. The number of hydrogen-bond donors (Lipinski definition) is 2. The largest absolute Gasteiger partial charge is 0.491 e. The van der Waals surface area contributed by atoms with Gasteiger partial charge in [-0.15, -0.1) is 0 Å². The number of amides is 1. The van der Waals surface area contributed by atoms with Crippen molar-refractivity contribution < 1.29 is 9.53 Å². The maximum absolute atomic E-state index is 11.8. The monoisotopic (exact) mass is 305 g/mol. The lowest BCUT2D eigenvalue weighted by Gasteiger charge is -2.15. The summed E-state index contributed by atoms with van der Waals surface area (Å²) in [6, 6.07) is 17.2. The van der Waals surface area contributed by atoms with Gasteiger partial charge in [-0.25, -0.2) is 4.98 Å². The number of nitrogens with zero attached hydrogens (tertiary/aromatic N) is 1. The molecule has 0 radical (unpaired) electrons. The standard InChI is InChI=1S/C18H15N3O2/c19-17(22)13-9-11-5-1-3-7-14(11)20-18(13)21-15-10-23-16-8-4-2-6-12(15)16/h1-9,15H,10H2,(H2,19,22)(H,20,21). The molecule has 0 spiro atoms. The molecule has 23 heavy (non-hydrogen) atoms. The molecule has 4 rings (SSSR count). The minimum Gasteiger partial charge on any atom is -0.491 e. The molecule has 1 unspecified atom stereocenters.